The minimum absolute atomic E-state index is 0.117. The third-order valence-electron chi connectivity index (χ3n) is 3.90. The summed E-state index contributed by atoms with van der Waals surface area (Å²) >= 11 is 0. The molecule has 0 aliphatic rings. The van der Waals surface area contributed by atoms with Crippen molar-refractivity contribution in [1.29, 1.82) is 0 Å². The molecule has 3 aromatic rings. The molecule has 0 saturated carbocycles. The highest BCUT2D eigenvalue weighted by molar-refractivity contribution is 5.90. The summed E-state index contributed by atoms with van der Waals surface area (Å²) in [4.78, 5) is 23.8. The maximum Gasteiger partial charge on any atom is 0.319 e. The minimum atomic E-state index is -0.357. The van der Waals surface area contributed by atoms with Crippen molar-refractivity contribution in [3.05, 3.63) is 64.3 Å². The van der Waals surface area contributed by atoms with E-state index in [0.717, 1.165) is 11.0 Å². The SMILES string of the molecule is Cc1cc(=O)n(C)cc1NC(=O)N[C@H](C)c1cc2ccccc2o1. The Balaban J connectivity index is 1.72. The van der Waals surface area contributed by atoms with E-state index >= 15 is 0 Å². The van der Waals surface area contributed by atoms with Gasteiger partial charge in [-0.1, -0.05) is 18.2 Å². The molecule has 24 heavy (non-hydrogen) atoms. The Labute approximate surface area is 139 Å². The second-order valence-electron chi connectivity index (χ2n) is 5.83. The molecule has 0 spiro atoms. The Morgan fingerprint density at radius 3 is 2.75 bits per heavy atom. The molecule has 6 nitrogen and oxygen atoms in total. The van der Waals surface area contributed by atoms with E-state index in [1.807, 2.05) is 37.3 Å². The van der Waals surface area contributed by atoms with Gasteiger partial charge < -0.3 is 19.6 Å². The predicted octanol–water partition coefficient (Wildman–Crippen LogP) is 3.32. The average Bonchev–Trinajstić information content (AvgIpc) is 2.96. The van der Waals surface area contributed by atoms with Crippen molar-refractivity contribution < 1.29 is 9.21 Å². The van der Waals surface area contributed by atoms with Gasteiger partial charge in [0.15, 0.2) is 0 Å². The Bertz CT molecular complexity index is 923. The van der Waals surface area contributed by atoms with E-state index in [9.17, 15) is 9.59 Å². The highest BCUT2D eigenvalue weighted by Crippen LogP contribution is 2.23. The van der Waals surface area contributed by atoms with Gasteiger partial charge in [0, 0.05) is 24.7 Å². The first-order chi connectivity index (χ1) is 11.4. The van der Waals surface area contributed by atoms with Crippen LogP contribution in [0, 0.1) is 6.92 Å². The monoisotopic (exact) mass is 325 g/mol. The van der Waals surface area contributed by atoms with Gasteiger partial charge in [-0.15, -0.1) is 0 Å². The van der Waals surface area contributed by atoms with Gasteiger partial charge in [0.05, 0.1) is 11.7 Å². The number of nitrogens with zero attached hydrogens (tertiary/aromatic N) is 1. The molecule has 2 N–H and O–H groups in total. The summed E-state index contributed by atoms with van der Waals surface area (Å²) in [7, 11) is 1.64. The van der Waals surface area contributed by atoms with Crippen LogP contribution in [-0.4, -0.2) is 10.6 Å². The van der Waals surface area contributed by atoms with E-state index in [2.05, 4.69) is 10.6 Å². The molecule has 0 saturated heterocycles. The molecular weight excluding hydrogens is 306 g/mol. The number of urea groups is 1. The molecule has 1 atom stereocenters. The fraction of sp³-hybridized carbons (Fsp3) is 0.222. The summed E-state index contributed by atoms with van der Waals surface area (Å²) in [6, 6.07) is 10.4. The van der Waals surface area contributed by atoms with Crippen LogP contribution in [0.25, 0.3) is 11.0 Å². The Morgan fingerprint density at radius 2 is 2.00 bits per heavy atom. The predicted molar refractivity (Wildman–Crippen MR) is 93.2 cm³/mol. The van der Waals surface area contributed by atoms with Crippen LogP contribution in [0.2, 0.25) is 0 Å². The highest BCUT2D eigenvalue weighted by atomic mass is 16.3. The van der Waals surface area contributed by atoms with E-state index in [0.29, 0.717) is 17.0 Å². The molecule has 0 aliphatic heterocycles. The topological polar surface area (TPSA) is 76.3 Å². The van der Waals surface area contributed by atoms with E-state index < -0.39 is 0 Å². The maximum atomic E-state index is 12.2. The lowest BCUT2D eigenvalue weighted by Crippen LogP contribution is -2.31. The number of aromatic nitrogens is 1. The molecule has 0 unspecified atom stereocenters. The number of furan rings is 1. The zero-order valence-electron chi connectivity index (χ0n) is 13.8. The molecule has 0 aliphatic carbocycles. The molecule has 2 aromatic heterocycles. The van der Waals surface area contributed by atoms with Gasteiger partial charge in [-0.2, -0.15) is 0 Å². The number of hydrogen-bond acceptors (Lipinski definition) is 3. The molecule has 2 heterocycles. The van der Waals surface area contributed by atoms with Gasteiger partial charge in [0.25, 0.3) is 5.56 Å². The zero-order valence-corrected chi connectivity index (χ0v) is 13.8. The molecule has 124 valence electrons. The minimum Gasteiger partial charge on any atom is -0.459 e. The maximum absolute atomic E-state index is 12.2. The van der Waals surface area contributed by atoms with Crippen molar-refractivity contribution >= 4 is 22.7 Å². The van der Waals surface area contributed by atoms with Crippen LogP contribution in [0.5, 0.6) is 0 Å². The number of aryl methyl sites for hydroxylation is 2. The normalized spacial score (nSPS) is 12.1. The standard InChI is InChI=1S/C18H19N3O3/c1-11-8-17(22)21(3)10-14(11)20-18(23)19-12(2)16-9-13-6-4-5-7-15(13)24-16/h4-10,12H,1-3H3,(H2,19,20,23)/t12-/m1/s1. The van der Waals surface area contributed by atoms with Crippen molar-refractivity contribution in [2.75, 3.05) is 5.32 Å². The van der Waals surface area contributed by atoms with E-state index in [1.165, 1.54) is 10.6 Å². The first kappa shape index (κ1) is 15.9. The van der Waals surface area contributed by atoms with E-state index in [-0.39, 0.29) is 17.6 Å². The largest absolute Gasteiger partial charge is 0.459 e. The number of rotatable bonds is 3. The number of anilines is 1. The van der Waals surface area contributed by atoms with Crippen LogP contribution < -0.4 is 16.2 Å². The number of fused-ring (bicyclic) bond motifs is 1. The number of para-hydroxylation sites is 1. The number of pyridine rings is 1. The number of nitrogens with one attached hydrogen (secondary N) is 2. The fourth-order valence-electron chi connectivity index (χ4n) is 2.50. The summed E-state index contributed by atoms with van der Waals surface area (Å²) in [5.41, 5.74) is 1.97. The summed E-state index contributed by atoms with van der Waals surface area (Å²) < 4.78 is 7.17. The van der Waals surface area contributed by atoms with Gasteiger partial charge in [0.2, 0.25) is 0 Å². The highest BCUT2D eigenvalue weighted by Gasteiger charge is 2.15. The van der Waals surface area contributed by atoms with Crippen LogP contribution in [0.4, 0.5) is 10.5 Å². The molecule has 6 heteroatoms. The molecule has 2 amide bonds. The average molecular weight is 325 g/mol. The molecule has 0 fully saturated rings. The lowest BCUT2D eigenvalue weighted by molar-refractivity contribution is 0.248. The molecule has 0 radical (unpaired) electrons. The van der Waals surface area contributed by atoms with Gasteiger partial charge in [0.1, 0.15) is 11.3 Å². The third-order valence-corrected chi connectivity index (χ3v) is 3.90. The van der Waals surface area contributed by atoms with Crippen molar-refractivity contribution in [3.63, 3.8) is 0 Å². The lowest BCUT2D eigenvalue weighted by Gasteiger charge is -2.14. The summed E-state index contributed by atoms with van der Waals surface area (Å²) in [5.74, 6) is 0.684. The second-order valence-corrected chi connectivity index (χ2v) is 5.83. The first-order valence-electron chi connectivity index (χ1n) is 7.67. The Morgan fingerprint density at radius 1 is 1.25 bits per heavy atom. The van der Waals surface area contributed by atoms with E-state index in [1.54, 1.807) is 20.2 Å². The van der Waals surface area contributed by atoms with Crippen molar-refractivity contribution in [3.8, 4) is 0 Å². The van der Waals surface area contributed by atoms with Gasteiger partial charge >= 0.3 is 6.03 Å². The van der Waals surface area contributed by atoms with Crippen molar-refractivity contribution in [2.24, 2.45) is 7.05 Å². The quantitative estimate of drug-likeness (QED) is 0.775. The Hall–Kier alpha value is -3.02. The van der Waals surface area contributed by atoms with Crippen molar-refractivity contribution in [2.45, 2.75) is 19.9 Å². The van der Waals surface area contributed by atoms with Crippen LogP contribution in [0.15, 0.2) is 51.8 Å². The zero-order chi connectivity index (χ0) is 17.3. The number of benzene rings is 1. The molecular formula is C18H19N3O3. The summed E-state index contributed by atoms with van der Waals surface area (Å²) in [5, 5.41) is 6.59. The number of carbonyl (C=O) groups is 1. The number of hydrogen-bond donors (Lipinski definition) is 2. The van der Waals surface area contributed by atoms with Crippen LogP contribution in [-0.2, 0) is 7.05 Å². The lowest BCUT2D eigenvalue weighted by atomic mass is 10.2. The smallest absolute Gasteiger partial charge is 0.319 e. The van der Waals surface area contributed by atoms with Gasteiger partial charge in [-0.05, 0) is 31.5 Å². The number of amides is 2. The fourth-order valence-corrected chi connectivity index (χ4v) is 2.50. The van der Waals surface area contributed by atoms with Crippen LogP contribution in [0.1, 0.15) is 24.3 Å². The molecule has 0 bridgehead atoms. The first-order valence-corrected chi connectivity index (χ1v) is 7.67. The molecule has 1 aromatic carbocycles. The third kappa shape index (κ3) is 3.17. The summed E-state index contributed by atoms with van der Waals surface area (Å²) in [6.07, 6.45) is 1.60. The van der Waals surface area contributed by atoms with Gasteiger partial charge in [-0.25, -0.2) is 4.79 Å². The second kappa shape index (κ2) is 6.23. The Kier molecular flexibility index (Phi) is 4.12. The molecule has 3 rings (SSSR count). The van der Waals surface area contributed by atoms with E-state index in [4.69, 9.17) is 4.42 Å². The van der Waals surface area contributed by atoms with Crippen molar-refractivity contribution in [1.82, 2.24) is 9.88 Å². The van der Waals surface area contributed by atoms with Crippen LogP contribution >= 0.6 is 0 Å². The number of carbonyl (C=O) groups excluding carboxylic acids is 1. The summed E-state index contributed by atoms with van der Waals surface area (Å²) in [6.45, 7) is 3.63. The van der Waals surface area contributed by atoms with Gasteiger partial charge in [-0.3, -0.25) is 4.79 Å². The van der Waals surface area contributed by atoms with Crippen LogP contribution in [0.3, 0.4) is 0 Å².